The first-order valence-corrected chi connectivity index (χ1v) is 8.03. The van der Waals surface area contributed by atoms with Gasteiger partial charge in [-0.05, 0) is 47.9 Å². The molecule has 0 radical (unpaired) electrons. The Hall–Kier alpha value is -1.72. The van der Waals surface area contributed by atoms with Crippen molar-refractivity contribution in [2.75, 3.05) is 13.1 Å². The molecule has 0 N–H and O–H groups in total. The number of rotatable bonds is 1. The zero-order valence-electron chi connectivity index (χ0n) is 12.2. The molecule has 1 aliphatic carbocycles. The third-order valence-electron chi connectivity index (χ3n) is 5.21. The minimum Gasteiger partial charge on any atom is -0.341 e. The summed E-state index contributed by atoms with van der Waals surface area (Å²) < 4.78 is 1.82. The zero-order valence-corrected chi connectivity index (χ0v) is 12.2. The first-order valence-electron chi connectivity index (χ1n) is 8.03. The van der Waals surface area contributed by atoms with Gasteiger partial charge in [-0.25, -0.2) is 4.68 Å². The van der Waals surface area contributed by atoms with E-state index in [4.69, 9.17) is 0 Å². The third kappa shape index (κ3) is 2.26. The molecule has 6 nitrogen and oxygen atoms in total. The lowest BCUT2D eigenvalue weighted by atomic mass is 9.86. The number of aromatic nitrogens is 4. The lowest BCUT2D eigenvalue weighted by Crippen LogP contribution is -2.34. The maximum atomic E-state index is 13.0. The van der Waals surface area contributed by atoms with E-state index in [0.29, 0.717) is 11.8 Å². The van der Waals surface area contributed by atoms with E-state index in [9.17, 15) is 4.79 Å². The second-order valence-electron chi connectivity index (χ2n) is 6.51. The van der Waals surface area contributed by atoms with Crippen LogP contribution in [0.25, 0.3) is 0 Å². The van der Waals surface area contributed by atoms with Crippen molar-refractivity contribution in [2.24, 2.45) is 11.8 Å². The Bertz CT molecular complexity index is 550. The maximum Gasteiger partial charge on any atom is 0.233 e. The lowest BCUT2D eigenvalue weighted by molar-refractivity contribution is -0.132. The average molecular weight is 287 g/mol. The molecule has 0 aromatic carbocycles. The first-order chi connectivity index (χ1) is 10.3. The van der Waals surface area contributed by atoms with E-state index in [0.717, 1.165) is 57.6 Å². The quantitative estimate of drug-likeness (QED) is 0.732. The fourth-order valence-corrected chi connectivity index (χ4v) is 4.01. The van der Waals surface area contributed by atoms with Gasteiger partial charge in [0.05, 0.1) is 5.92 Å². The molecule has 1 aromatic rings. The van der Waals surface area contributed by atoms with Gasteiger partial charge in [0.1, 0.15) is 0 Å². The maximum absolute atomic E-state index is 13.0. The van der Waals surface area contributed by atoms with Crippen LogP contribution in [0.1, 0.15) is 43.8 Å². The highest BCUT2D eigenvalue weighted by molar-refractivity contribution is 5.83. The number of carbonyl (C=O) groups excluding carboxylic acids is 1. The highest BCUT2D eigenvalue weighted by atomic mass is 16.2. The Kier molecular flexibility index (Phi) is 3.24. The minimum atomic E-state index is -0.143. The first kappa shape index (κ1) is 13.0. The lowest BCUT2D eigenvalue weighted by Gasteiger charge is -2.21. The molecule has 1 fully saturated rings. The van der Waals surface area contributed by atoms with Gasteiger partial charge in [-0.1, -0.05) is 18.6 Å². The molecule has 21 heavy (non-hydrogen) atoms. The van der Waals surface area contributed by atoms with Gasteiger partial charge in [0.25, 0.3) is 0 Å². The fourth-order valence-electron chi connectivity index (χ4n) is 4.01. The Balaban J connectivity index is 1.53. The largest absolute Gasteiger partial charge is 0.341 e. The summed E-state index contributed by atoms with van der Waals surface area (Å²) in [5.74, 6) is 2.17. The van der Waals surface area contributed by atoms with Crippen LogP contribution in [0.15, 0.2) is 12.2 Å². The predicted octanol–water partition coefficient (Wildman–Crippen LogP) is 1.37. The molecule has 0 bridgehead atoms. The Morgan fingerprint density at radius 1 is 1.14 bits per heavy atom. The van der Waals surface area contributed by atoms with Crippen molar-refractivity contribution >= 4 is 5.91 Å². The summed E-state index contributed by atoms with van der Waals surface area (Å²) in [6.45, 7) is 2.65. The number of carbonyl (C=O) groups is 1. The molecule has 2 aliphatic heterocycles. The number of amides is 1. The molecule has 3 aliphatic rings. The normalized spacial score (nSPS) is 31.6. The van der Waals surface area contributed by atoms with Gasteiger partial charge >= 0.3 is 0 Å². The monoisotopic (exact) mass is 287 g/mol. The predicted molar refractivity (Wildman–Crippen MR) is 76.3 cm³/mol. The van der Waals surface area contributed by atoms with Gasteiger partial charge in [0, 0.05) is 19.6 Å². The highest BCUT2D eigenvalue weighted by Gasteiger charge is 2.39. The smallest absolute Gasteiger partial charge is 0.233 e. The van der Waals surface area contributed by atoms with E-state index < -0.39 is 0 Å². The van der Waals surface area contributed by atoms with Crippen LogP contribution in [0.3, 0.4) is 0 Å². The third-order valence-corrected chi connectivity index (χ3v) is 5.21. The number of hydrogen-bond donors (Lipinski definition) is 0. The summed E-state index contributed by atoms with van der Waals surface area (Å²) in [6.07, 6.45) is 9.76. The molecule has 1 amide bonds. The van der Waals surface area contributed by atoms with Crippen LogP contribution >= 0.6 is 0 Å². The van der Waals surface area contributed by atoms with Crippen molar-refractivity contribution in [1.82, 2.24) is 25.1 Å². The molecule has 3 atom stereocenters. The van der Waals surface area contributed by atoms with Crippen LogP contribution in [0, 0.1) is 11.8 Å². The Morgan fingerprint density at radius 2 is 1.90 bits per heavy atom. The van der Waals surface area contributed by atoms with Crippen LogP contribution in [-0.4, -0.2) is 44.1 Å². The van der Waals surface area contributed by atoms with Crippen molar-refractivity contribution in [3.05, 3.63) is 18.0 Å². The highest BCUT2D eigenvalue weighted by Crippen LogP contribution is 2.35. The summed E-state index contributed by atoms with van der Waals surface area (Å²) in [5.41, 5.74) is 0. The SMILES string of the molecule is O=C(C1CCCCn2nnnc21)N1C[C@H]2CC=CC[C@H]2C1. The van der Waals surface area contributed by atoms with Crippen molar-refractivity contribution in [3.63, 3.8) is 0 Å². The van der Waals surface area contributed by atoms with E-state index in [1.165, 1.54) is 0 Å². The van der Waals surface area contributed by atoms with Crippen LogP contribution in [0.2, 0.25) is 0 Å². The zero-order chi connectivity index (χ0) is 14.2. The minimum absolute atomic E-state index is 0.143. The van der Waals surface area contributed by atoms with Crippen LogP contribution in [-0.2, 0) is 11.3 Å². The van der Waals surface area contributed by atoms with E-state index >= 15 is 0 Å². The number of aryl methyl sites for hydroxylation is 1. The van der Waals surface area contributed by atoms with E-state index in [-0.39, 0.29) is 11.8 Å². The average Bonchev–Trinajstić information content (AvgIpc) is 3.09. The van der Waals surface area contributed by atoms with Gasteiger partial charge in [-0.2, -0.15) is 0 Å². The molecule has 1 unspecified atom stereocenters. The van der Waals surface area contributed by atoms with Crippen LogP contribution in [0.4, 0.5) is 0 Å². The summed E-state index contributed by atoms with van der Waals surface area (Å²) >= 11 is 0. The van der Waals surface area contributed by atoms with Crippen LogP contribution in [0.5, 0.6) is 0 Å². The molecule has 6 heteroatoms. The number of nitrogens with zero attached hydrogens (tertiary/aromatic N) is 5. The molecule has 112 valence electrons. The number of fused-ring (bicyclic) bond motifs is 2. The Morgan fingerprint density at radius 3 is 2.67 bits per heavy atom. The van der Waals surface area contributed by atoms with Gasteiger partial charge in [-0.3, -0.25) is 4.79 Å². The summed E-state index contributed by atoms with van der Waals surface area (Å²) in [6, 6.07) is 0. The van der Waals surface area contributed by atoms with Crippen LogP contribution < -0.4 is 0 Å². The van der Waals surface area contributed by atoms with E-state index in [1.807, 2.05) is 4.68 Å². The van der Waals surface area contributed by atoms with Crippen molar-refractivity contribution in [3.8, 4) is 0 Å². The molecule has 3 heterocycles. The summed E-state index contributed by atoms with van der Waals surface area (Å²) in [4.78, 5) is 15.0. The summed E-state index contributed by atoms with van der Waals surface area (Å²) in [5, 5.41) is 11.9. The molecule has 1 saturated heterocycles. The van der Waals surface area contributed by atoms with Crippen molar-refractivity contribution in [1.29, 1.82) is 0 Å². The second kappa shape index (κ2) is 5.24. The second-order valence-corrected chi connectivity index (χ2v) is 6.51. The number of tetrazole rings is 1. The topological polar surface area (TPSA) is 63.9 Å². The molecular weight excluding hydrogens is 266 g/mol. The van der Waals surface area contributed by atoms with Gasteiger partial charge in [0.2, 0.25) is 5.91 Å². The molecule has 0 saturated carbocycles. The fraction of sp³-hybridized carbons (Fsp3) is 0.733. The number of likely N-dealkylation sites (tertiary alicyclic amines) is 1. The summed E-state index contributed by atoms with van der Waals surface area (Å²) in [7, 11) is 0. The van der Waals surface area contributed by atoms with Gasteiger partial charge in [0.15, 0.2) is 5.82 Å². The van der Waals surface area contributed by atoms with Gasteiger partial charge < -0.3 is 4.90 Å². The molecular formula is C15H21N5O. The van der Waals surface area contributed by atoms with E-state index in [1.54, 1.807) is 0 Å². The van der Waals surface area contributed by atoms with Crippen molar-refractivity contribution < 1.29 is 4.79 Å². The Labute approximate surface area is 124 Å². The molecule has 4 rings (SSSR count). The molecule has 1 aromatic heterocycles. The molecule has 0 spiro atoms. The number of hydrogen-bond acceptors (Lipinski definition) is 4. The van der Waals surface area contributed by atoms with Crippen molar-refractivity contribution in [2.45, 2.75) is 44.6 Å². The number of allylic oxidation sites excluding steroid dienone is 2. The standard InChI is InChI=1S/C15H21N5O/c21-15(19-9-11-5-1-2-6-12(11)10-19)13-7-3-4-8-20-14(13)16-17-18-20/h1-2,11-13H,3-10H2/t11-,12+,13?. The van der Waals surface area contributed by atoms with Gasteiger partial charge in [-0.15, -0.1) is 5.10 Å². The van der Waals surface area contributed by atoms with E-state index in [2.05, 4.69) is 32.6 Å².